The smallest absolute Gasteiger partial charge is 0.310 e. The van der Waals surface area contributed by atoms with E-state index in [2.05, 4.69) is 5.32 Å². The van der Waals surface area contributed by atoms with Crippen molar-refractivity contribution < 1.29 is 24.2 Å². The minimum Gasteiger partial charge on any atom is -0.466 e. The van der Waals surface area contributed by atoms with Crippen molar-refractivity contribution in [2.45, 2.75) is 62.1 Å². The number of esters is 1. The summed E-state index contributed by atoms with van der Waals surface area (Å²) in [5.41, 5.74) is 0.472. The first-order chi connectivity index (χ1) is 15.8. The van der Waals surface area contributed by atoms with E-state index in [-0.39, 0.29) is 42.2 Å². The number of nitrogens with one attached hydrogen (secondary N) is 1. The van der Waals surface area contributed by atoms with E-state index in [0.29, 0.717) is 17.1 Å². The minimum atomic E-state index is -0.813. The molecule has 2 amide bonds. The van der Waals surface area contributed by atoms with E-state index < -0.39 is 28.7 Å². The van der Waals surface area contributed by atoms with Gasteiger partial charge in [0.1, 0.15) is 6.04 Å². The number of hydrogen-bond donors (Lipinski definition) is 2. The van der Waals surface area contributed by atoms with Gasteiger partial charge in [-0.3, -0.25) is 14.4 Å². The van der Waals surface area contributed by atoms with Crippen molar-refractivity contribution >= 4 is 46.8 Å². The van der Waals surface area contributed by atoms with Gasteiger partial charge in [0.2, 0.25) is 11.8 Å². The zero-order valence-electron chi connectivity index (χ0n) is 19.1. The molecule has 180 valence electrons. The lowest BCUT2D eigenvalue weighted by molar-refractivity contribution is -0.154. The fourth-order valence-electron chi connectivity index (χ4n) is 5.83. The molecule has 0 aliphatic carbocycles. The molecule has 1 spiro atoms. The van der Waals surface area contributed by atoms with Gasteiger partial charge in [0.25, 0.3) is 0 Å². The summed E-state index contributed by atoms with van der Waals surface area (Å²) < 4.78 is 4.61. The molecule has 1 aromatic rings. The number of aliphatic hydroxyl groups is 1. The van der Waals surface area contributed by atoms with E-state index >= 15 is 0 Å². The number of ether oxygens (including phenoxy) is 1. The Morgan fingerprint density at radius 1 is 1.36 bits per heavy atom. The number of amides is 2. The van der Waals surface area contributed by atoms with Crippen molar-refractivity contribution in [1.82, 2.24) is 4.90 Å². The Kier molecular flexibility index (Phi) is 6.99. The van der Waals surface area contributed by atoms with E-state index in [1.807, 2.05) is 13.8 Å². The highest BCUT2D eigenvalue weighted by Crippen LogP contribution is 2.67. The second-order valence-electron chi connectivity index (χ2n) is 9.16. The van der Waals surface area contributed by atoms with Crippen molar-refractivity contribution in [3.8, 4) is 0 Å². The number of carbonyl (C=O) groups is 3. The standard InChI is InChI=1S/C24H31ClN2O5S/c1-4-13(3)16(12-28)27-20(21(29)26-15-9-7-6-8-14(15)25)24-11-10-17(33-24)18(19(24)22(27)30)23(31)32-5-2/h6-9,13,16-20,28H,4-5,10-12H2,1-3H3,(H,26,29)/t13-,16-,17-,18+,19-,20?,24?/m0/s1. The SMILES string of the molecule is CCOC(=O)[C@@H]1[C@@H]2CCC3(S2)C(C(=O)Nc2ccccc2Cl)N([C@@H](CO)[C@@H](C)CC)C(=O)[C@H]13. The number of hydrogen-bond acceptors (Lipinski definition) is 6. The molecular formula is C24H31ClN2O5S. The predicted octanol–water partition coefficient (Wildman–Crippen LogP) is 3.34. The van der Waals surface area contributed by atoms with E-state index in [0.717, 1.165) is 12.8 Å². The first kappa shape index (κ1) is 24.4. The van der Waals surface area contributed by atoms with Gasteiger partial charge in [-0.15, -0.1) is 11.8 Å². The highest BCUT2D eigenvalue weighted by atomic mass is 35.5. The lowest BCUT2D eigenvalue weighted by atomic mass is 9.71. The maximum atomic E-state index is 13.9. The Balaban J connectivity index is 1.77. The van der Waals surface area contributed by atoms with Gasteiger partial charge in [-0.2, -0.15) is 0 Å². The maximum Gasteiger partial charge on any atom is 0.310 e. The first-order valence-corrected chi connectivity index (χ1v) is 12.9. The molecule has 9 heteroatoms. The number of benzene rings is 1. The Morgan fingerprint density at radius 3 is 2.73 bits per heavy atom. The van der Waals surface area contributed by atoms with Crippen molar-refractivity contribution in [3.63, 3.8) is 0 Å². The molecular weight excluding hydrogens is 464 g/mol. The zero-order chi connectivity index (χ0) is 23.9. The summed E-state index contributed by atoms with van der Waals surface area (Å²) in [6.45, 7) is 5.70. The number of aliphatic hydroxyl groups excluding tert-OH is 1. The third-order valence-electron chi connectivity index (χ3n) is 7.52. The summed E-state index contributed by atoms with van der Waals surface area (Å²) in [4.78, 5) is 42.2. The number of carbonyl (C=O) groups excluding carboxylic acids is 3. The van der Waals surface area contributed by atoms with Crippen molar-refractivity contribution in [3.05, 3.63) is 29.3 Å². The highest BCUT2D eigenvalue weighted by molar-refractivity contribution is 8.02. The highest BCUT2D eigenvalue weighted by Gasteiger charge is 2.74. The van der Waals surface area contributed by atoms with Crippen LogP contribution < -0.4 is 5.32 Å². The molecule has 2 bridgehead atoms. The van der Waals surface area contributed by atoms with Crippen LogP contribution in [0.3, 0.4) is 0 Å². The van der Waals surface area contributed by atoms with Gasteiger partial charge in [-0.25, -0.2) is 0 Å². The Labute approximate surface area is 203 Å². The predicted molar refractivity (Wildman–Crippen MR) is 128 cm³/mol. The topological polar surface area (TPSA) is 95.9 Å². The molecule has 0 aromatic heterocycles. The van der Waals surface area contributed by atoms with Gasteiger partial charge in [0.05, 0.1) is 46.5 Å². The van der Waals surface area contributed by atoms with Crippen LogP contribution in [-0.4, -0.2) is 63.1 Å². The Bertz CT molecular complexity index is 945. The van der Waals surface area contributed by atoms with Crippen LogP contribution in [0.2, 0.25) is 5.02 Å². The van der Waals surface area contributed by atoms with Crippen LogP contribution in [0.15, 0.2) is 24.3 Å². The number of nitrogens with zero attached hydrogens (tertiary/aromatic N) is 1. The van der Waals surface area contributed by atoms with Gasteiger partial charge < -0.3 is 20.1 Å². The normalized spacial score (nSPS) is 31.9. The van der Waals surface area contributed by atoms with Crippen molar-refractivity contribution in [2.75, 3.05) is 18.5 Å². The van der Waals surface area contributed by atoms with Gasteiger partial charge in [-0.1, -0.05) is 44.0 Å². The lowest BCUT2D eigenvalue weighted by Crippen LogP contribution is -2.56. The number of halogens is 1. The summed E-state index contributed by atoms with van der Waals surface area (Å²) >= 11 is 7.87. The third kappa shape index (κ3) is 3.84. The summed E-state index contributed by atoms with van der Waals surface area (Å²) in [6.07, 6.45) is 2.14. The van der Waals surface area contributed by atoms with Crippen molar-refractivity contribution in [2.24, 2.45) is 17.8 Å². The quantitative estimate of drug-likeness (QED) is 0.538. The van der Waals surface area contributed by atoms with E-state index in [1.54, 1.807) is 47.9 Å². The molecule has 1 aromatic carbocycles. The maximum absolute atomic E-state index is 13.9. The molecule has 3 aliphatic rings. The third-order valence-corrected chi connectivity index (χ3v) is 9.80. The molecule has 7 nitrogen and oxygen atoms in total. The number of likely N-dealkylation sites (tertiary alicyclic amines) is 1. The van der Waals surface area contributed by atoms with Crippen LogP contribution in [0.4, 0.5) is 5.69 Å². The summed E-state index contributed by atoms with van der Waals surface area (Å²) in [7, 11) is 0. The first-order valence-electron chi connectivity index (χ1n) is 11.6. The Hall–Kier alpha value is -1.77. The van der Waals surface area contributed by atoms with Crippen LogP contribution >= 0.6 is 23.4 Å². The Morgan fingerprint density at radius 2 is 2.09 bits per heavy atom. The van der Waals surface area contributed by atoms with E-state index in [1.165, 1.54) is 0 Å². The molecule has 3 aliphatic heterocycles. The number of thioether (sulfide) groups is 1. The van der Waals surface area contributed by atoms with Crippen LogP contribution in [0.1, 0.15) is 40.0 Å². The second kappa shape index (κ2) is 9.47. The molecule has 33 heavy (non-hydrogen) atoms. The van der Waals surface area contributed by atoms with Crippen molar-refractivity contribution in [1.29, 1.82) is 0 Å². The molecule has 3 heterocycles. The molecule has 2 N–H and O–H groups in total. The molecule has 3 fully saturated rings. The molecule has 2 unspecified atom stereocenters. The summed E-state index contributed by atoms with van der Waals surface area (Å²) in [5, 5.41) is 13.6. The molecule has 4 rings (SSSR count). The van der Waals surface area contributed by atoms with Crippen LogP contribution in [0.5, 0.6) is 0 Å². The number of para-hydroxylation sites is 1. The monoisotopic (exact) mass is 494 g/mol. The number of fused-ring (bicyclic) bond motifs is 1. The number of anilines is 1. The largest absolute Gasteiger partial charge is 0.466 e. The zero-order valence-corrected chi connectivity index (χ0v) is 20.7. The molecule has 3 saturated heterocycles. The molecule has 0 saturated carbocycles. The average Bonchev–Trinajstić information content (AvgIpc) is 3.43. The van der Waals surface area contributed by atoms with Gasteiger partial charge in [0, 0.05) is 5.25 Å². The van der Waals surface area contributed by atoms with Crippen LogP contribution in [0, 0.1) is 17.8 Å². The molecule has 0 radical (unpaired) electrons. The lowest BCUT2D eigenvalue weighted by Gasteiger charge is -2.39. The summed E-state index contributed by atoms with van der Waals surface area (Å²) in [5.74, 6) is -2.17. The van der Waals surface area contributed by atoms with Crippen LogP contribution in [-0.2, 0) is 19.1 Å². The van der Waals surface area contributed by atoms with E-state index in [9.17, 15) is 19.5 Å². The van der Waals surface area contributed by atoms with Gasteiger partial charge >= 0.3 is 5.97 Å². The average molecular weight is 495 g/mol. The van der Waals surface area contributed by atoms with Gasteiger partial charge in [0.15, 0.2) is 0 Å². The fourth-order valence-corrected chi connectivity index (χ4v) is 8.21. The molecule has 7 atom stereocenters. The van der Waals surface area contributed by atoms with E-state index in [4.69, 9.17) is 16.3 Å². The summed E-state index contributed by atoms with van der Waals surface area (Å²) in [6, 6.07) is 5.64. The fraction of sp³-hybridized carbons (Fsp3) is 0.625. The minimum absolute atomic E-state index is 0.0203. The number of rotatable bonds is 8. The van der Waals surface area contributed by atoms with Gasteiger partial charge in [-0.05, 0) is 37.8 Å². The second-order valence-corrected chi connectivity index (χ2v) is 11.2. The van der Waals surface area contributed by atoms with Crippen LogP contribution in [0.25, 0.3) is 0 Å².